The SMILES string of the molecule is Cc1cc(Br)c(=O)n(CC(=O)Nc2nccs2)c1. The highest BCUT2D eigenvalue weighted by Crippen LogP contribution is 2.10. The van der Waals surface area contributed by atoms with E-state index in [9.17, 15) is 9.59 Å². The highest BCUT2D eigenvalue weighted by molar-refractivity contribution is 9.10. The quantitative estimate of drug-likeness (QED) is 0.937. The van der Waals surface area contributed by atoms with E-state index in [0.717, 1.165) is 5.56 Å². The van der Waals surface area contributed by atoms with Crippen LogP contribution in [0.25, 0.3) is 0 Å². The standard InChI is InChI=1S/C11H10BrN3O2S/c1-7-4-8(12)10(17)15(5-7)6-9(16)14-11-13-2-3-18-11/h2-5H,6H2,1H3,(H,13,14,16). The molecular formula is C11H10BrN3O2S. The second kappa shape index (κ2) is 5.45. The first-order valence-corrected chi connectivity index (χ1v) is 6.79. The Hall–Kier alpha value is -1.47. The van der Waals surface area contributed by atoms with Crippen LogP contribution in [0.1, 0.15) is 5.56 Å². The van der Waals surface area contributed by atoms with Crippen LogP contribution in [-0.4, -0.2) is 15.5 Å². The molecule has 0 aliphatic heterocycles. The minimum absolute atomic E-state index is 0.0291. The van der Waals surface area contributed by atoms with Crippen molar-refractivity contribution in [3.63, 3.8) is 0 Å². The number of anilines is 1. The predicted octanol–water partition coefficient (Wildman–Crippen LogP) is 2.01. The third kappa shape index (κ3) is 3.05. The number of halogens is 1. The molecule has 2 aromatic rings. The molecule has 2 rings (SSSR count). The highest BCUT2D eigenvalue weighted by Gasteiger charge is 2.08. The van der Waals surface area contributed by atoms with E-state index in [1.165, 1.54) is 15.9 Å². The number of pyridine rings is 1. The fraction of sp³-hybridized carbons (Fsp3) is 0.182. The summed E-state index contributed by atoms with van der Waals surface area (Å²) in [6.07, 6.45) is 3.25. The van der Waals surface area contributed by atoms with Crippen molar-refractivity contribution in [2.75, 3.05) is 5.32 Å². The van der Waals surface area contributed by atoms with Crippen molar-refractivity contribution in [3.05, 3.63) is 44.2 Å². The summed E-state index contributed by atoms with van der Waals surface area (Å²) in [4.78, 5) is 27.5. The second-order valence-electron chi connectivity index (χ2n) is 3.68. The van der Waals surface area contributed by atoms with Gasteiger partial charge in [0.1, 0.15) is 6.54 Å². The van der Waals surface area contributed by atoms with Crippen LogP contribution in [0.3, 0.4) is 0 Å². The summed E-state index contributed by atoms with van der Waals surface area (Å²) in [5.74, 6) is -0.274. The lowest BCUT2D eigenvalue weighted by molar-refractivity contribution is -0.116. The van der Waals surface area contributed by atoms with Crippen molar-refractivity contribution < 1.29 is 4.79 Å². The molecule has 5 nitrogen and oxygen atoms in total. The Balaban J connectivity index is 2.14. The molecular weight excluding hydrogens is 318 g/mol. The lowest BCUT2D eigenvalue weighted by atomic mass is 10.3. The monoisotopic (exact) mass is 327 g/mol. The van der Waals surface area contributed by atoms with Gasteiger partial charge >= 0.3 is 0 Å². The summed E-state index contributed by atoms with van der Waals surface area (Å²) in [6.45, 7) is 1.83. The maximum atomic E-state index is 11.8. The molecule has 94 valence electrons. The van der Waals surface area contributed by atoms with Crippen molar-refractivity contribution in [2.45, 2.75) is 13.5 Å². The number of hydrogen-bond acceptors (Lipinski definition) is 4. The molecule has 0 bridgehead atoms. The van der Waals surface area contributed by atoms with Gasteiger partial charge in [0.2, 0.25) is 5.91 Å². The van der Waals surface area contributed by atoms with Crippen LogP contribution in [0.2, 0.25) is 0 Å². The third-order valence-electron chi connectivity index (χ3n) is 2.17. The number of amides is 1. The lowest BCUT2D eigenvalue weighted by Gasteiger charge is -2.07. The van der Waals surface area contributed by atoms with Crippen LogP contribution < -0.4 is 10.9 Å². The number of hydrogen-bond donors (Lipinski definition) is 1. The van der Waals surface area contributed by atoms with Crippen LogP contribution in [0.15, 0.2) is 33.1 Å². The molecule has 0 saturated carbocycles. The van der Waals surface area contributed by atoms with Gasteiger partial charge in [-0.2, -0.15) is 0 Å². The molecule has 0 aliphatic rings. The first-order chi connectivity index (χ1) is 8.56. The first-order valence-electron chi connectivity index (χ1n) is 5.12. The smallest absolute Gasteiger partial charge is 0.265 e. The first kappa shape index (κ1) is 13.0. The molecule has 2 heterocycles. The zero-order chi connectivity index (χ0) is 13.1. The van der Waals surface area contributed by atoms with E-state index < -0.39 is 0 Å². The maximum Gasteiger partial charge on any atom is 0.265 e. The molecule has 0 saturated heterocycles. The van der Waals surface area contributed by atoms with E-state index in [2.05, 4.69) is 26.2 Å². The number of nitrogens with zero attached hydrogens (tertiary/aromatic N) is 2. The van der Waals surface area contributed by atoms with Crippen molar-refractivity contribution >= 4 is 38.3 Å². The molecule has 2 aromatic heterocycles. The summed E-state index contributed by atoms with van der Waals surface area (Å²) in [7, 11) is 0. The van der Waals surface area contributed by atoms with Gasteiger partial charge in [-0.3, -0.25) is 9.59 Å². The van der Waals surface area contributed by atoms with Gasteiger partial charge in [-0.25, -0.2) is 4.98 Å². The number of rotatable bonds is 3. The highest BCUT2D eigenvalue weighted by atomic mass is 79.9. The van der Waals surface area contributed by atoms with Gasteiger partial charge in [0.15, 0.2) is 5.13 Å². The number of nitrogens with one attached hydrogen (secondary N) is 1. The molecule has 0 aromatic carbocycles. The number of thiazole rings is 1. The van der Waals surface area contributed by atoms with Gasteiger partial charge in [0.05, 0.1) is 4.47 Å². The Labute approximate surface area is 116 Å². The van der Waals surface area contributed by atoms with Crippen molar-refractivity contribution in [2.24, 2.45) is 0 Å². The van der Waals surface area contributed by atoms with Crippen LogP contribution in [0.5, 0.6) is 0 Å². The maximum absolute atomic E-state index is 11.8. The van der Waals surface area contributed by atoms with E-state index in [0.29, 0.717) is 9.60 Å². The minimum Gasteiger partial charge on any atom is -0.305 e. The van der Waals surface area contributed by atoms with Crippen LogP contribution in [0, 0.1) is 6.92 Å². The van der Waals surface area contributed by atoms with Gasteiger partial charge in [0, 0.05) is 17.8 Å². The zero-order valence-corrected chi connectivity index (χ0v) is 11.9. The predicted molar refractivity (Wildman–Crippen MR) is 73.9 cm³/mol. The van der Waals surface area contributed by atoms with Gasteiger partial charge in [-0.05, 0) is 34.5 Å². The van der Waals surface area contributed by atoms with E-state index in [4.69, 9.17) is 0 Å². The summed E-state index contributed by atoms with van der Waals surface area (Å²) in [6, 6.07) is 1.72. The molecule has 1 amide bonds. The largest absolute Gasteiger partial charge is 0.305 e. The van der Waals surface area contributed by atoms with Gasteiger partial charge in [-0.15, -0.1) is 11.3 Å². The Morgan fingerprint density at radius 1 is 1.61 bits per heavy atom. The fourth-order valence-corrected chi connectivity index (χ4v) is 2.59. The van der Waals surface area contributed by atoms with Gasteiger partial charge in [-0.1, -0.05) is 0 Å². The van der Waals surface area contributed by atoms with E-state index in [1.54, 1.807) is 23.8 Å². The molecule has 18 heavy (non-hydrogen) atoms. The molecule has 0 spiro atoms. The summed E-state index contributed by atoms with van der Waals surface area (Å²) >= 11 is 4.50. The van der Waals surface area contributed by atoms with Crippen molar-refractivity contribution in [1.29, 1.82) is 0 Å². The number of aryl methyl sites for hydroxylation is 1. The zero-order valence-electron chi connectivity index (χ0n) is 9.51. The molecule has 0 aliphatic carbocycles. The summed E-state index contributed by atoms with van der Waals surface area (Å²) in [5, 5.41) is 4.93. The van der Waals surface area contributed by atoms with E-state index >= 15 is 0 Å². The lowest BCUT2D eigenvalue weighted by Crippen LogP contribution is -2.27. The van der Waals surface area contributed by atoms with Crippen LogP contribution in [-0.2, 0) is 11.3 Å². The van der Waals surface area contributed by atoms with E-state index in [-0.39, 0.29) is 18.0 Å². The topological polar surface area (TPSA) is 64.0 Å². The summed E-state index contributed by atoms with van der Waals surface area (Å²) < 4.78 is 1.81. The van der Waals surface area contributed by atoms with Crippen molar-refractivity contribution in [3.8, 4) is 0 Å². The number of carbonyl (C=O) groups is 1. The van der Waals surface area contributed by atoms with Gasteiger partial charge in [0.25, 0.3) is 5.56 Å². The number of carbonyl (C=O) groups excluding carboxylic acids is 1. The average molecular weight is 328 g/mol. The van der Waals surface area contributed by atoms with Crippen LogP contribution >= 0.6 is 27.3 Å². The fourth-order valence-electron chi connectivity index (χ4n) is 1.46. The van der Waals surface area contributed by atoms with Crippen molar-refractivity contribution in [1.82, 2.24) is 9.55 Å². The Morgan fingerprint density at radius 3 is 3.06 bits per heavy atom. The molecule has 1 N–H and O–H groups in total. The Morgan fingerprint density at radius 2 is 2.39 bits per heavy atom. The Bertz CT molecular complexity index is 622. The molecule has 0 unspecified atom stereocenters. The Kier molecular flexibility index (Phi) is 3.93. The summed E-state index contributed by atoms with van der Waals surface area (Å²) in [5.41, 5.74) is 0.679. The normalized spacial score (nSPS) is 10.3. The third-order valence-corrected chi connectivity index (χ3v) is 3.43. The van der Waals surface area contributed by atoms with E-state index in [1.807, 2.05) is 6.92 Å². The number of aromatic nitrogens is 2. The second-order valence-corrected chi connectivity index (χ2v) is 5.43. The average Bonchev–Trinajstić information content (AvgIpc) is 2.77. The molecule has 0 radical (unpaired) electrons. The van der Waals surface area contributed by atoms with Crippen LogP contribution in [0.4, 0.5) is 5.13 Å². The molecule has 0 fully saturated rings. The van der Waals surface area contributed by atoms with Gasteiger partial charge < -0.3 is 9.88 Å². The molecule has 0 atom stereocenters. The minimum atomic E-state index is -0.274. The molecule has 7 heteroatoms.